The Morgan fingerprint density at radius 2 is 1.96 bits per heavy atom. The maximum atomic E-state index is 13.3. The molecule has 2 bridgehead atoms. The van der Waals surface area contributed by atoms with E-state index in [-0.39, 0.29) is 17.9 Å². The smallest absolute Gasteiger partial charge is 0.278 e. The Hall–Kier alpha value is -2.41. The summed E-state index contributed by atoms with van der Waals surface area (Å²) >= 11 is 0. The van der Waals surface area contributed by atoms with Gasteiger partial charge >= 0.3 is 0 Å². The first kappa shape index (κ1) is 16.7. The first-order valence-corrected chi connectivity index (χ1v) is 9.66. The maximum absolute atomic E-state index is 13.3. The molecule has 4 aliphatic heterocycles. The van der Waals surface area contributed by atoms with Crippen LogP contribution < -0.4 is 4.74 Å². The SMILES string of the molecule is COc1ccccc1[C@H]1CN(C(=O)c2nonc2C)[C@H]2C3CCN(CC3)[C@@H]12. The van der Waals surface area contributed by atoms with Gasteiger partial charge in [0.15, 0.2) is 5.69 Å². The van der Waals surface area contributed by atoms with Crippen LogP contribution in [0.1, 0.15) is 40.5 Å². The molecule has 4 fully saturated rings. The number of aryl methyl sites for hydroxylation is 1. The number of carbonyl (C=O) groups excluding carboxylic acids is 1. The van der Waals surface area contributed by atoms with Crippen molar-refractivity contribution in [2.24, 2.45) is 5.92 Å². The van der Waals surface area contributed by atoms with Crippen LogP contribution in [-0.2, 0) is 0 Å². The van der Waals surface area contributed by atoms with Crippen LogP contribution in [0.5, 0.6) is 5.75 Å². The quantitative estimate of drug-likeness (QED) is 0.826. The van der Waals surface area contributed by atoms with E-state index in [1.54, 1.807) is 14.0 Å². The molecule has 0 spiro atoms. The fraction of sp³-hybridized carbons (Fsp3) is 0.550. The van der Waals surface area contributed by atoms with Gasteiger partial charge in [-0.2, -0.15) is 0 Å². The molecule has 142 valence electrons. The molecule has 0 saturated carbocycles. The van der Waals surface area contributed by atoms with Crippen LogP contribution in [0, 0.1) is 12.8 Å². The van der Waals surface area contributed by atoms with Gasteiger partial charge in [-0.25, -0.2) is 4.63 Å². The van der Waals surface area contributed by atoms with Gasteiger partial charge < -0.3 is 9.64 Å². The van der Waals surface area contributed by atoms with Gasteiger partial charge in [-0.05, 0) is 50.0 Å². The third kappa shape index (κ3) is 2.48. The number of fused-ring (bicyclic) bond motifs is 2. The summed E-state index contributed by atoms with van der Waals surface area (Å²) in [6, 6.07) is 8.75. The Kier molecular flexibility index (Phi) is 3.93. The highest BCUT2D eigenvalue weighted by Crippen LogP contribution is 2.48. The number of rotatable bonds is 3. The Morgan fingerprint density at radius 3 is 2.67 bits per heavy atom. The Bertz CT molecular complexity index is 858. The van der Waals surface area contributed by atoms with Crippen molar-refractivity contribution in [1.29, 1.82) is 0 Å². The molecule has 0 aliphatic carbocycles. The minimum atomic E-state index is -0.0603. The lowest BCUT2D eigenvalue weighted by atomic mass is 9.75. The third-order valence-corrected chi connectivity index (χ3v) is 6.65. The van der Waals surface area contributed by atoms with Crippen LogP contribution in [0.15, 0.2) is 28.9 Å². The van der Waals surface area contributed by atoms with Crippen molar-refractivity contribution >= 4 is 5.91 Å². The molecule has 7 heteroatoms. The summed E-state index contributed by atoms with van der Waals surface area (Å²) in [5.74, 6) is 1.62. The molecule has 0 unspecified atom stereocenters. The zero-order valence-electron chi connectivity index (χ0n) is 15.7. The predicted molar refractivity (Wildman–Crippen MR) is 97.7 cm³/mol. The Morgan fingerprint density at radius 1 is 1.19 bits per heavy atom. The molecule has 1 amide bonds. The van der Waals surface area contributed by atoms with Crippen LogP contribution in [0.3, 0.4) is 0 Å². The number of likely N-dealkylation sites (tertiary alicyclic amines) is 1. The van der Waals surface area contributed by atoms with Crippen molar-refractivity contribution in [2.45, 2.75) is 37.8 Å². The normalized spacial score (nSPS) is 31.8. The second-order valence-electron chi connectivity index (χ2n) is 7.86. The fourth-order valence-corrected chi connectivity index (χ4v) is 5.46. The van der Waals surface area contributed by atoms with E-state index in [0.717, 1.165) is 31.7 Å². The molecule has 27 heavy (non-hydrogen) atoms. The third-order valence-electron chi connectivity index (χ3n) is 6.65. The number of piperidine rings is 3. The molecule has 1 aromatic carbocycles. The summed E-state index contributed by atoms with van der Waals surface area (Å²) in [6.07, 6.45) is 2.30. The van der Waals surface area contributed by atoms with Gasteiger partial charge in [0.25, 0.3) is 5.91 Å². The lowest BCUT2D eigenvalue weighted by molar-refractivity contribution is -0.00381. The number of ether oxygens (including phenoxy) is 1. The summed E-state index contributed by atoms with van der Waals surface area (Å²) in [6.45, 7) is 4.67. The zero-order chi connectivity index (χ0) is 18.5. The van der Waals surface area contributed by atoms with E-state index in [1.165, 1.54) is 5.56 Å². The van der Waals surface area contributed by atoms with Crippen LogP contribution >= 0.6 is 0 Å². The van der Waals surface area contributed by atoms with Gasteiger partial charge in [0.05, 0.1) is 13.2 Å². The zero-order valence-corrected chi connectivity index (χ0v) is 15.7. The number of para-hydroxylation sites is 1. The van der Waals surface area contributed by atoms with Gasteiger partial charge in [-0.3, -0.25) is 9.69 Å². The van der Waals surface area contributed by atoms with E-state index in [9.17, 15) is 4.79 Å². The molecule has 2 aromatic rings. The molecule has 0 N–H and O–H groups in total. The van der Waals surface area contributed by atoms with Gasteiger partial charge in [0.1, 0.15) is 11.4 Å². The molecule has 6 rings (SSSR count). The molecule has 5 heterocycles. The number of methoxy groups -OCH3 is 1. The molecule has 3 atom stereocenters. The van der Waals surface area contributed by atoms with Crippen LogP contribution in [0.4, 0.5) is 0 Å². The molecule has 0 radical (unpaired) electrons. The number of hydrogen-bond donors (Lipinski definition) is 0. The molecule has 7 nitrogen and oxygen atoms in total. The summed E-state index contributed by atoms with van der Waals surface area (Å²) in [5, 5.41) is 7.68. The van der Waals surface area contributed by atoms with E-state index in [4.69, 9.17) is 9.37 Å². The van der Waals surface area contributed by atoms with Gasteiger partial charge in [0.2, 0.25) is 0 Å². The first-order chi connectivity index (χ1) is 13.2. The number of benzene rings is 1. The highest BCUT2D eigenvalue weighted by Gasteiger charge is 2.55. The second kappa shape index (κ2) is 6.34. The van der Waals surface area contributed by atoms with Gasteiger partial charge in [-0.15, -0.1) is 0 Å². The van der Waals surface area contributed by atoms with Crippen molar-refractivity contribution in [3.8, 4) is 5.75 Å². The average Bonchev–Trinajstić information content (AvgIpc) is 3.33. The van der Waals surface area contributed by atoms with Crippen molar-refractivity contribution in [3.63, 3.8) is 0 Å². The maximum Gasteiger partial charge on any atom is 0.278 e. The van der Waals surface area contributed by atoms with Crippen LogP contribution in [0.25, 0.3) is 0 Å². The monoisotopic (exact) mass is 368 g/mol. The molecular formula is C20H24N4O3. The van der Waals surface area contributed by atoms with Gasteiger partial charge in [-0.1, -0.05) is 23.4 Å². The summed E-state index contributed by atoms with van der Waals surface area (Å²) in [7, 11) is 1.71. The molecular weight excluding hydrogens is 344 g/mol. The fourth-order valence-electron chi connectivity index (χ4n) is 5.46. The lowest BCUT2D eigenvalue weighted by Crippen LogP contribution is -2.60. The van der Waals surface area contributed by atoms with Crippen molar-refractivity contribution in [1.82, 2.24) is 20.1 Å². The Labute approximate surface area is 158 Å². The number of nitrogens with zero attached hydrogens (tertiary/aromatic N) is 4. The first-order valence-electron chi connectivity index (χ1n) is 9.66. The minimum absolute atomic E-state index is 0.0603. The van der Waals surface area contributed by atoms with Crippen molar-refractivity contribution in [2.75, 3.05) is 26.7 Å². The lowest BCUT2D eigenvalue weighted by Gasteiger charge is -2.51. The van der Waals surface area contributed by atoms with E-state index >= 15 is 0 Å². The van der Waals surface area contributed by atoms with E-state index in [0.29, 0.717) is 29.9 Å². The number of aromatic nitrogens is 2. The van der Waals surface area contributed by atoms with Crippen molar-refractivity contribution in [3.05, 3.63) is 41.2 Å². The summed E-state index contributed by atoms with van der Waals surface area (Å²) in [4.78, 5) is 17.9. The summed E-state index contributed by atoms with van der Waals surface area (Å²) in [5.41, 5.74) is 2.08. The average molecular weight is 368 g/mol. The largest absolute Gasteiger partial charge is 0.496 e. The van der Waals surface area contributed by atoms with Gasteiger partial charge in [0, 0.05) is 24.1 Å². The number of amides is 1. The number of carbonyl (C=O) groups is 1. The highest BCUT2D eigenvalue weighted by atomic mass is 16.6. The highest BCUT2D eigenvalue weighted by molar-refractivity contribution is 5.93. The van der Waals surface area contributed by atoms with E-state index < -0.39 is 0 Å². The Balaban J connectivity index is 1.56. The topological polar surface area (TPSA) is 71.7 Å². The number of hydrogen-bond acceptors (Lipinski definition) is 6. The van der Waals surface area contributed by atoms with E-state index in [2.05, 4.69) is 27.3 Å². The van der Waals surface area contributed by atoms with Crippen molar-refractivity contribution < 1.29 is 14.2 Å². The van der Waals surface area contributed by atoms with E-state index in [1.807, 2.05) is 17.0 Å². The van der Waals surface area contributed by atoms with Crippen LogP contribution in [-0.4, -0.2) is 64.8 Å². The molecule has 1 aromatic heterocycles. The molecule has 4 aliphatic rings. The molecule has 4 saturated heterocycles. The standard InChI is InChI=1S/C20H24N4O3/c1-12-17(22-27-21-12)20(25)24-11-15(14-5-3-4-6-16(14)26-2)19-18(24)13-7-9-23(19)10-8-13/h3-6,13,15,18-19H,7-11H2,1-2H3/t15-,18+,19+/m1/s1. The summed E-state index contributed by atoms with van der Waals surface area (Å²) < 4.78 is 10.4. The minimum Gasteiger partial charge on any atom is -0.496 e. The second-order valence-corrected chi connectivity index (χ2v) is 7.86. The van der Waals surface area contributed by atoms with Crippen LogP contribution in [0.2, 0.25) is 0 Å². The predicted octanol–water partition coefficient (Wildman–Crippen LogP) is 2.09.